The number of nitriles is 1. The van der Waals surface area contributed by atoms with Gasteiger partial charge in [0.15, 0.2) is 0 Å². The van der Waals surface area contributed by atoms with E-state index in [1.165, 1.54) is 9.80 Å². The number of hydrogen-bond donors (Lipinski definition) is 2. The molecular weight excluding hydrogens is 474 g/mol. The average molecular weight is 512 g/mol. The van der Waals surface area contributed by atoms with Gasteiger partial charge in [0.2, 0.25) is 17.7 Å². The minimum absolute atomic E-state index is 0.0958. The number of likely N-dealkylation sites (tertiary alicyclic amines) is 1. The van der Waals surface area contributed by atoms with Crippen molar-refractivity contribution in [2.45, 2.75) is 77.1 Å². The number of nitrogens with one attached hydrogen (secondary N) is 2. The fraction of sp³-hybridized carbons (Fsp3) is 0.593. The molecule has 2 N–H and O–H groups in total. The molecule has 1 aromatic carbocycles. The molecule has 200 valence electrons. The molecule has 37 heavy (non-hydrogen) atoms. The van der Waals surface area contributed by atoms with E-state index in [9.17, 15) is 24.4 Å². The first-order valence-corrected chi connectivity index (χ1v) is 12.9. The summed E-state index contributed by atoms with van der Waals surface area (Å²) in [6.45, 7) is 6.28. The van der Waals surface area contributed by atoms with Gasteiger partial charge in [0.1, 0.15) is 18.7 Å². The summed E-state index contributed by atoms with van der Waals surface area (Å²) in [5.41, 5.74) is 0.148. The summed E-state index contributed by atoms with van der Waals surface area (Å²) >= 11 is 0. The van der Waals surface area contributed by atoms with Crippen LogP contribution in [0.15, 0.2) is 30.3 Å². The molecule has 0 aromatic heterocycles. The van der Waals surface area contributed by atoms with E-state index >= 15 is 0 Å². The monoisotopic (exact) mass is 511 g/mol. The summed E-state index contributed by atoms with van der Waals surface area (Å²) in [6.07, 6.45) is 2.30. The van der Waals surface area contributed by atoms with Crippen molar-refractivity contribution in [1.29, 1.82) is 5.26 Å². The second-order valence-corrected chi connectivity index (χ2v) is 10.6. The Labute approximate surface area is 218 Å². The van der Waals surface area contributed by atoms with Crippen molar-refractivity contribution in [3.63, 3.8) is 0 Å². The average Bonchev–Trinajstić information content (AvgIpc) is 3.37. The molecule has 0 bridgehead atoms. The van der Waals surface area contributed by atoms with Crippen molar-refractivity contribution in [3.8, 4) is 6.07 Å². The van der Waals surface area contributed by atoms with E-state index in [-0.39, 0.29) is 31.4 Å². The van der Waals surface area contributed by atoms with Gasteiger partial charge in [-0.3, -0.25) is 19.3 Å². The van der Waals surface area contributed by atoms with E-state index < -0.39 is 35.5 Å². The molecule has 2 saturated heterocycles. The molecular formula is C27H37N5O5. The third-order valence-corrected chi connectivity index (χ3v) is 6.77. The van der Waals surface area contributed by atoms with E-state index in [1.54, 1.807) is 0 Å². The summed E-state index contributed by atoms with van der Waals surface area (Å²) in [5, 5.41) is 15.4. The van der Waals surface area contributed by atoms with Crippen LogP contribution in [-0.2, 0) is 25.7 Å². The highest BCUT2D eigenvalue weighted by Crippen LogP contribution is 2.25. The molecule has 0 aliphatic carbocycles. The van der Waals surface area contributed by atoms with Crippen LogP contribution in [-0.4, -0.2) is 70.9 Å². The van der Waals surface area contributed by atoms with Crippen LogP contribution in [0, 0.1) is 17.2 Å². The summed E-state index contributed by atoms with van der Waals surface area (Å²) in [6, 6.07) is 9.94. The van der Waals surface area contributed by atoms with E-state index in [1.807, 2.05) is 51.1 Å². The van der Waals surface area contributed by atoms with Crippen molar-refractivity contribution >= 4 is 23.8 Å². The molecule has 2 heterocycles. The van der Waals surface area contributed by atoms with Crippen LogP contribution in [0.3, 0.4) is 0 Å². The second kappa shape index (κ2) is 12.6. The van der Waals surface area contributed by atoms with E-state index in [2.05, 4.69) is 16.7 Å². The lowest BCUT2D eigenvalue weighted by Gasteiger charge is -2.40. The normalized spacial score (nSPS) is 20.4. The minimum Gasteiger partial charge on any atom is -0.445 e. The van der Waals surface area contributed by atoms with Crippen molar-refractivity contribution in [1.82, 2.24) is 20.4 Å². The molecule has 0 radical (unpaired) electrons. The van der Waals surface area contributed by atoms with Crippen LogP contribution < -0.4 is 10.6 Å². The zero-order valence-corrected chi connectivity index (χ0v) is 21.9. The van der Waals surface area contributed by atoms with E-state index in [0.717, 1.165) is 12.0 Å². The summed E-state index contributed by atoms with van der Waals surface area (Å²) in [4.78, 5) is 53.9. The van der Waals surface area contributed by atoms with Gasteiger partial charge in [0.25, 0.3) is 0 Å². The number of amides is 4. The molecule has 0 saturated carbocycles. The van der Waals surface area contributed by atoms with Gasteiger partial charge in [0.05, 0.1) is 12.6 Å². The molecule has 2 aliphatic rings. The first-order valence-electron chi connectivity index (χ1n) is 12.9. The summed E-state index contributed by atoms with van der Waals surface area (Å²) in [5.74, 6) is -1.28. The Kier molecular flexibility index (Phi) is 9.50. The van der Waals surface area contributed by atoms with Gasteiger partial charge in [-0.1, -0.05) is 30.3 Å². The predicted octanol–water partition coefficient (Wildman–Crippen LogP) is 2.34. The number of rotatable bonds is 8. The number of carbonyl (C=O) groups is 4. The third-order valence-electron chi connectivity index (χ3n) is 6.77. The maximum Gasteiger partial charge on any atom is 0.410 e. The quantitative estimate of drug-likeness (QED) is 0.551. The Morgan fingerprint density at radius 3 is 2.59 bits per heavy atom. The van der Waals surface area contributed by atoms with Crippen LogP contribution in [0.25, 0.3) is 0 Å². The standard InChI is InChI=1S/C27H37N5O5/c1-27(2,3)32(21(16-28)15-20-11-7-13-29-24(20)34)23(33)17-30-25(35)22-12-8-14-31(22)26(36)37-18-19-9-5-4-6-10-19/h4-6,9-10,20-22H,7-8,11-15,17-18H2,1-3H3,(H,29,34)(H,30,35)/t20-,21?,22?/m0/s1. The molecule has 4 amide bonds. The lowest BCUT2D eigenvalue weighted by atomic mass is 9.89. The molecule has 10 nitrogen and oxygen atoms in total. The molecule has 2 unspecified atom stereocenters. The SMILES string of the molecule is CC(C)(C)N(C(=O)CNC(=O)C1CCCN1C(=O)OCc1ccccc1)C(C#N)C[C@@H]1CCCNC1=O. The molecule has 3 rings (SSSR count). The largest absolute Gasteiger partial charge is 0.445 e. The molecule has 2 fully saturated rings. The predicted molar refractivity (Wildman–Crippen MR) is 136 cm³/mol. The Bertz CT molecular complexity index is 1020. The third kappa shape index (κ3) is 7.44. The number of carbonyl (C=O) groups excluding carboxylic acids is 4. The van der Waals surface area contributed by atoms with Crippen LogP contribution >= 0.6 is 0 Å². The van der Waals surface area contributed by atoms with Crippen molar-refractivity contribution < 1.29 is 23.9 Å². The number of benzene rings is 1. The maximum atomic E-state index is 13.3. The molecule has 2 aliphatic heterocycles. The molecule has 10 heteroatoms. The highest BCUT2D eigenvalue weighted by Gasteiger charge is 2.38. The number of ether oxygens (including phenoxy) is 1. The lowest BCUT2D eigenvalue weighted by Crippen LogP contribution is -2.56. The van der Waals surface area contributed by atoms with E-state index in [4.69, 9.17) is 4.74 Å². The summed E-state index contributed by atoms with van der Waals surface area (Å²) < 4.78 is 5.39. The van der Waals surface area contributed by atoms with Crippen LogP contribution in [0.2, 0.25) is 0 Å². The van der Waals surface area contributed by atoms with Gasteiger partial charge >= 0.3 is 6.09 Å². The highest BCUT2D eigenvalue weighted by atomic mass is 16.6. The Balaban J connectivity index is 1.59. The Morgan fingerprint density at radius 2 is 1.95 bits per heavy atom. The van der Waals surface area contributed by atoms with Gasteiger partial charge in [-0.2, -0.15) is 5.26 Å². The molecule has 1 aromatic rings. The first-order chi connectivity index (χ1) is 17.6. The van der Waals surface area contributed by atoms with Crippen LogP contribution in [0.1, 0.15) is 58.4 Å². The smallest absolute Gasteiger partial charge is 0.410 e. The minimum atomic E-state index is -0.811. The number of nitrogens with zero attached hydrogens (tertiary/aromatic N) is 3. The van der Waals surface area contributed by atoms with Crippen molar-refractivity contribution in [3.05, 3.63) is 35.9 Å². The first kappa shape index (κ1) is 28.0. The Morgan fingerprint density at radius 1 is 1.22 bits per heavy atom. The van der Waals surface area contributed by atoms with Crippen LogP contribution in [0.5, 0.6) is 0 Å². The maximum absolute atomic E-state index is 13.3. The lowest BCUT2D eigenvalue weighted by molar-refractivity contribution is -0.140. The zero-order chi connectivity index (χ0) is 27.0. The number of piperidine rings is 1. The van der Waals surface area contributed by atoms with E-state index in [0.29, 0.717) is 32.4 Å². The zero-order valence-electron chi connectivity index (χ0n) is 21.9. The van der Waals surface area contributed by atoms with Gasteiger partial charge in [-0.25, -0.2) is 4.79 Å². The van der Waals surface area contributed by atoms with Crippen molar-refractivity contribution in [2.75, 3.05) is 19.6 Å². The molecule has 0 spiro atoms. The number of hydrogen-bond acceptors (Lipinski definition) is 6. The fourth-order valence-electron chi connectivity index (χ4n) is 4.99. The van der Waals surface area contributed by atoms with Gasteiger partial charge in [-0.15, -0.1) is 0 Å². The summed E-state index contributed by atoms with van der Waals surface area (Å²) in [7, 11) is 0. The van der Waals surface area contributed by atoms with Gasteiger partial charge in [0, 0.05) is 24.5 Å². The van der Waals surface area contributed by atoms with Crippen molar-refractivity contribution in [2.24, 2.45) is 5.92 Å². The Hall–Kier alpha value is -3.61. The van der Waals surface area contributed by atoms with Gasteiger partial charge in [-0.05, 0) is 58.4 Å². The van der Waals surface area contributed by atoms with Crippen LogP contribution in [0.4, 0.5) is 4.79 Å². The molecule has 3 atom stereocenters. The topological polar surface area (TPSA) is 132 Å². The van der Waals surface area contributed by atoms with Gasteiger partial charge < -0.3 is 20.3 Å². The highest BCUT2D eigenvalue weighted by molar-refractivity contribution is 5.90. The fourth-order valence-corrected chi connectivity index (χ4v) is 4.99. The second-order valence-electron chi connectivity index (χ2n) is 10.6.